The largest absolute Gasteiger partial charge is 0.466 e. The summed E-state index contributed by atoms with van der Waals surface area (Å²) >= 11 is 0. The number of carbonyl (C=O) groups is 2. The summed E-state index contributed by atoms with van der Waals surface area (Å²) < 4.78 is 132. The maximum atomic E-state index is 13.7. The first-order chi connectivity index (χ1) is 18.8. The Morgan fingerprint density at radius 3 is 1.78 bits per heavy atom. The molecule has 0 bridgehead atoms. The molecule has 0 aliphatic carbocycles. The van der Waals surface area contributed by atoms with Crippen LogP contribution in [0.3, 0.4) is 0 Å². The van der Waals surface area contributed by atoms with Crippen molar-refractivity contribution in [2.75, 3.05) is 18.6 Å². The molecule has 15 heteroatoms. The Kier molecular flexibility index (Phi) is 8.46. The molecule has 1 heterocycles. The molecule has 0 saturated carbocycles. The third-order valence-corrected chi connectivity index (χ3v) is 6.32. The molecule has 41 heavy (non-hydrogen) atoms. The Bertz CT molecular complexity index is 1330. The number of fused-ring (bicyclic) bond motifs is 1. The lowest BCUT2D eigenvalue weighted by atomic mass is 9.77. The van der Waals surface area contributed by atoms with Crippen molar-refractivity contribution in [2.45, 2.75) is 50.4 Å². The summed E-state index contributed by atoms with van der Waals surface area (Å²) in [7, 11) is 0.671. The lowest BCUT2D eigenvalue weighted by Crippen LogP contribution is -2.46. The fourth-order valence-electron chi connectivity index (χ4n) is 4.41. The number of amides is 1. The number of benzene rings is 2. The van der Waals surface area contributed by atoms with Gasteiger partial charge in [0.15, 0.2) is 0 Å². The average Bonchev–Trinajstić information content (AvgIpc) is 2.89. The van der Waals surface area contributed by atoms with E-state index in [9.17, 15) is 54.2 Å². The zero-order valence-corrected chi connectivity index (χ0v) is 21.5. The van der Waals surface area contributed by atoms with E-state index in [1.807, 2.05) is 0 Å². The molecule has 1 amide bonds. The van der Waals surface area contributed by atoms with Gasteiger partial charge in [0, 0.05) is 16.7 Å². The minimum atomic E-state index is -5.39. The number of anilines is 1. The van der Waals surface area contributed by atoms with E-state index in [-0.39, 0.29) is 36.9 Å². The summed E-state index contributed by atoms with van der Waals surface area (Å²) in [5, 5.41) is 11.7. The van der Waals surface area contributed by atoms with Gasteiger partial charge in [-0.3, -0.25) is 4.90 Å². The first-order valence-electron chi connectivity index (χ1n) is 11.8. The van der Waals surface area contributed by atoms with E-state index in [4.69, 9.17) is 4.74 Å². The summed E-state index contributed by atoms with van der Waals surface area (Å²) in [6, 6.07) is 0.518. The van der Waals surface area contributed by atoms with E-state index in [0.29, 0.717) is 19.2 Å². The summed E-state index contributed by atoms with van der Waals surface area (Å²) in [5.41, 5.74) is -11.8. The summed E-state index contributed by atoms with van der Waals surface area (Å²) in [6.45, 7) is 2.78. The fourth-order valence-corrected chi connectivity index (χ4v) is 4.41. The first kappa shape index (κ1) is 31.8. The van der Waals surface area contributed by atoms with Crippen LogP contribution in [0.25, 0.3) is 5.57 Å². The molecule has 0 fully saturated rings. The summed E-state index contributed by atoms with van der Waals surface area (Å²) in [4.78, 5) is 26.7. The van der Waals surface area contributed by atoms with Crippen LogP contribution in [0.2, 0.25) is 0 Å². The molecule has 0 aromatic heterocycles. The number of hydrogen-bond donors (Lipinski definition) is 1. The van der Waals surface area contributed by atoms with Gasteiger partial charge >= 0.3 is 30.6 Å². The van der Waals surface area contributed by atoms with Crippen molar-refractivity contribution in [2.24, 2.45) is 0 Å². The van der Waals surface area contributed by atoms with Gasteiger partial charge in [-0.25, -0.2) is 9.59 Å². The molecule has 0 unspecified atom stereocenters. The smallest absolute Gasteiger partial charge is 0.416 e. The Morgan fingerprint density at radius 2 is 1.34 bits per heavy atom. The number of ether oxygens (including phenoxy) is 2. The van der Waals surface area contributed by atoms with Gasteiger partial charge < -0.3 is 14.6 Å². The molecular formula is C26H22F9NO5. The predicted molar refractivity (Wildman–Crippen MR) is 125 cm³/mol. The maximum Gasteiger partial charge on any atom is 0.416 e. The Labute approximate surface area is 226 Å². The third-order valence-electron chi connectivity index (χ3n) is 6.32. The highest BCUT2D eigenvalue weighted by Crippen LogP contribution is 2.49. The molecule has 1 N–H and O–H groups in total. The lowest BCUT2D eigenvalue weighted by molar-refractivity contribution is -0.158. The highest BCUT2D eigenvalue weighted by molar-refractivity contribution is 6.04. The minimum absolute atomic E-state index is 0.0313. The van der Waals surface area contributed by atoms with Crippen LogP contribution in [-0.4, -0.2) is 36.9 Å². The van der Waals surface area contributed by atoms with Crippen molar-refractivity contribution in [3.05, 3.63) is 70.3 Å². The zero-order chi connectivity index (χ0) is 31.1. The van der Waals surface area contributed by atoms with Crippen LogP contribution in [0.5, 0.6) is 0 Å². The standard InChI is InChI=1S/C26H22F9NO5/c1-4-17-12-19(18-11-13(24(27,28)29)6-7-20(18)36(17)22(38)41-5-2)23(39,21(37)40-3)14-8-15(25(30,31)32)10-16(9-14)26(33,34)35/h6-12,17,39H,4-5H2,1-3H3/t17-,23+/m1/s1. The number of aliphatic hydroxyl groups is 1. The summed E-state index contributed by atoms with van der Waals surface area (Å²) in [6.07, 6.45) is -16.0. The van der Waals surface area contributed by atoms with Gasteiger partial charge in [-0.05, 0) is 49.7 Å². The van der Waals surface area contributed by atoms with Crippen LogP contribution in [0.4, 0.5) is 50.0 Å². The molecule has 0 saturated heterocycles. The topological polar surface area (TPSA) is 76.1 Å². The molecule has 6 nitrogen and oxygen atoms in total. The number of methoxy groups -OCH3 is 1. The fraction of sp³-hybridized carbons (Fsp3) is 0.385. The van der Waals surface area contributed by atoms with Gasteiger partial charge in [0.2, 0.25) is 5.60 Å². The van der Waals surface area contributed by atoms with Gasteiger partial charge in [0.25, 0.3) is 0 Å². The van der Waals surface area contributed by atoms with Crippen molar-refractivity contribution in [3.8, 4) is 0 Å². The number of nitrogens with zero attached hydrogens (tertiary/aromatic N) is 1. The second-order valence-corrected chi connectivity index (χ2v) is 8.85. The van der Waals surface area contributed by atoms with E-state index in [1.54, 1.807) is 0 Å². The van der Waals surface area contributed by atoms with Gasteiger partial charge in [-0.1, -0.05) is 13.0 Å². The highest BCUT2D eigenvalue weighted by atomic mass is 19.4. The van der Waals surface area contributed by atoms with E-state index in [2.05, 4.69) is 4.74 Å². The third kappa shape index (κ3) is 5.99. The molecule has 2 aromatic carbocycles. The highest BCUT2D eigenvalue weighted by Gasteiger charge is 2.50. The number of esters is 1. The van der Waals surface area contributed by atoms with Crippen LogP contribution in [0, 0.1) is 0 Å². The van der Waals surface area contributed by atoms with Gasteiger partial charge in [-0.2, -0.15) is 39.5 Å². The minimum Gasteiger partial charge on any atom is -0.466 e. The molecular weight excluding hydrogens is 577 g/mol. The zero-order valence-electron chi connectivity index (χ0n) is 21.5. The molecule has 0 spiro atoms. The van der Waals surface area contributed by atoms with Gasteiger partial charge in [0.1, 0.15) is 0 Å². The number of carbonyl (C=O) groups excluding carboxylic acids is 2. The first-order valence-corrected chi connectivity index (χ1v) is 11.8. The number of alkyl halides is 9. The predicted octanol–water partition coefficient (Wildman–Crippen LogP) is 6.94. The van der Waals surface area contributed by atoms with E-state index in [1.165, 1.54) is 13.8 Å². The number of rotatable bonds is 5. The second-order valence-electron chi connectivity index (χ2n) is 8.85. The van der Waals surface area contributed by atoms with E-state index >= 15 is 0 Å². The average molecular weight is 599 g/mol. The van der Waals surface area contributed by atoms with Gasteiger partial charge in [-0.15, -0.1) is 0 Å². The van der Waals surface area contributed by atoms with E-state index < -0.39 is 75.6 Å². The quantitative estimate of drug-likeness (QED) is 0.298. The van der Waals surface area contributed by atoms with Crippen LogP contribution in [0.15, 0.2) is 42.5 Å². The Balaban J connectivity index is 2.48. The van der Waals surface area contributed by atoms with Crippen molar-refractivity contribution in [3.63, 3.8) is 0 Å². The van der Waals surface area contributed by atoms with Crippen molar-refractivity contribution < 1.29 is 63.7 Å². The van der Waals surface area contributed by atoms with Crippen molar-refractivity contribution in [1.82, 2.24) is 0 Å². The molecule has 224 valence electrons. The maximum absolute atomic E-state index is 13.7. The molecule has 2 atom stereocenters. The number of hydrogen-bond acceptors (Lipinski definition) is 5. The lowest BCUT2D eigenvalue weighted by Gasteiger charge is -2.39. The Morgan fingerprint density at radius 1 is 0.829 bits per heavy atom. The van der Waals surface area contributed by atoms with Crippen LogP contribution in [0.1, 0.15) is 48.1 Å². The molecule has 0 radical (unpaired) electrons. The molecule has 3 rings (SSSR count). The van der Waals surface area contributed by atoms with Crippen LogP contribution >= 0.6 is 0 Å². The molecule has 1 aliphatic heterocycles. The van der Waals surface area contributed by atoms with Crippen molar-refractivity contribution >= 4 is 23.3 Å². The monoisotopic (exact) mass is 599 g/mol. The van der Waals surface area contributed by atoms with Crippen molar-refractivity contribution in [1.29, 1.82) is 0 Å². The van der Waals surface area contributed by atoms with Crippen LogP contribution < -0.4 is 4.90 Å². The normalized spacial score (nSPS) is 17.3. The molecule has 2 aromatic rings. The Hall–Kier alpha value is -3.75. The number of halogens is 9. The summed E-state index contributed by atoms with van der Waals surface area (Å²) in [5.74, 6) is -1.79. The SMILES string of the molecule is CCOC(=O)N1c2ccc(C(F)(F)F)cc2C([C@](O)(C(=O)OC)c2cc(C(F)(F)F)cc(C(F)(F)F)c2)=C[C@H]1CC. The molecule has 1 aliphatic rings. The second kappa shape index (κ2) is 10.9. The van der Waals surface area contributed by atoms with Gasteiger partial charge in [0.05, 0.1) is 42.1 Å². The van der Waals surface area contributed by atoms with Crippen LogP contribution in [-0.2, 0) is 38.4 Å². The van der Waals surface area contributed by atoms with E-state index in [0.717, 1.165) is 17.0 Å².